The summed E-state index contributed by atoms with van der Waals surface area (Å²) in [5, 5.41) is 0. The minimum Gasteiger partial charge on any atom is -0.377 e. The quantitative estimate of drug-likeness (QED) is 0.840. The van der Waals surface area contributed by atoms with Crippen molar-refractivity contribution in [2.75, 3.05) is 20.2 Å². The number of nitrogens with zero attached hydrogens (tertiary/aromatic N) is 1. The Kier molecular flexibility index (Phi) is 4.97. The molecule has 6 nitrogen and oxygen atoms in total. The molecule has 0 radical (unpaired) electrons. The first-order valence-electron chi connectivity index (χ1n) is 6.85. The van der Waals surface area contributed by atoms with Gasteiger partial charge in [0.25, 0.3) is 0 Å². The molecule has 0 bridgehead atoms. The predicted octanol–water partition coefficient (Wildman–Crippen LogP) is 0.732. The average molecular weight is 312 g/mol. The van der Waals surface area contributed by atoms with Crippen molar-refractivity contribution in [2.45, 2.75) is 30.9 Å². The first kappa shape index (κ1) is 15.9. The molecule has 1 amide bonds. The van der Waals surface area contributed by atoms with Crippen molar-refractivity contribution in [1.29, 1.82) is 0 Å². The van der Waals surface area contributed by atoms with Crippen LogP contribution in [0, 0.1) is 0 Å². The summed E-state index contributed by atoms with van der Waals surface area (Å²) in [5.74, 6) is -0.0483. The molecule has 116 valence electrons. The molecule has 0 saturated carbocycles. The smallest absolute Gasteiger partial charge is 0.240 e. The fraction of sp³-hybridized carbons (Fsp3) is 0.500. The molecule has 1 saturated heterocycles. The van der Waals surface area contributed by atoms with Gasteiger partial charge in [0.05, 0.1) is 11.5 Å². The summed E-state index contributed by atoms with van der Waals surface area (Å²) in [7, 11) is -1.96. The Morgan fingerprint density at radius 3 is 2.81 bits per heavy atom. The molecule has 1 unspecified atom stereocenters. The lowest BCUT2D eigenvalue weighted by atomic mass is 10.2. The van der Waals surface area contributed by atoms with Crippen LogP contribution in [-0.2, 0) is 26.2 Å². The Labute approximate surface area is 125 Å². The van der Waals surface area contributed by atoms with E-state index in [9.17, 15) is 13.2 Å². The van der Waals surface area contributed by atoms with Gasteiger partial charge < -0.3 is 9.64 Å². The highest BCUT2D eigenvalue weighted by Crippen LogP contribution is 2.16. The maximum Gasteiger partial charge on any atom is 0.240 e. The van der Waals surface area contributed by atoms with Crippen LogP contribution in [0.4, 0.5) is 0 Å². The molecule has 2 rings (SSSR count). The number of likely N-dealkylation sites (tertiary alicyclic amines) is 1. The molecule has 1 aromatic rings. The molecule has 1 fully saturated rings. The highest BCUT2D eigenvalue weighted by Gasteiger charge is 2.30. The van der Waals surface area contributed by atoms with Crippen LogP contribution in [0.25, 0.3) is 0 Å². The summed E-state index contributed by atoms with van der Waals surface area (Å²) in [6.07, 6.45) is 0.203. The molecule has 1 aliphatic rings. The fourth-order valence-electron chi connectivity index (χ4n) is 2.25. The van der Waals surface area contributed by atoms with Gasteiger partial charge in [-0.2, -0.15) is 0 Å². The lowest BCUT2D eigenvalue weighted by Crippen LogP contribution is -2.36. The minimum absolute atomic E-state index is 0.0483. The number of hydrogen-bond donors (Lipinski definition) is 1. The zero-order valence-electron chi connectivity index (χ0n) is 12.2. The third kappa shape index (κ3) is 4.03. The molecule has 1 N–H and O–H groups in total. The summed E-state index contributed by atoms with van der Waals surface area (Å²) in [5.41, 5.74) is 0.805. The SMILES string of the molecule is CCOCc1cccc(S(=O)(=O)NC2CC(=O)N(C)C2)c1. The van der Waals surface area contributed by atoms with E-state index in [1.165, 1.54) is 11.0 Å². The monoisotopic (exact) mass is 312 g/mol. The number of carbonyl (C=O) groups excluding carboxylic acids is 1. The summed E-state index contributed by atoms with van der Waals surface area (Å²) in [4.78, 5) is 13.2. The van der Waals surface area contributed by atoms with Gasteiger partial charge in [0, 0.05) is 32.7 Å². The molecule has 21 heavy (non-hydrogen) atoms. The number of ether oxygens (including phenoxy) is 1. The Balaban J connectivity index is 2.10. The number of amides is 1. The van der Waals surface area contributed by atoms with Gasteiger partial charge in [-0.1, -0.05) is 12.1 Å². The van der Waals surface area contributed by atoms with Gasteiger partial charge >= 0.3 is 0 Å². The maximum atomic E-state index is 12.3. The standard InChI is InChI=1S/C14H20N2O4S/c1-3-20-10-11-5-4-6-13(7-11)21(18,19)15-12-8-14(17)16(2)9-12/h4-7,12,15H,3,8-10H2,1-2H3. The van der Waals surface area contributed by atoms with Crippen molar-refractivity contribution in [1.82, 2.24) is 9.62 Å². The highest BCUT2D eigenvalue weighted by atomic mass is 32.2. The first-order valence-corrected chi connectivity index (χ1v) is 8.33. The number of benzene rings is 1. The van der Waals surface area contributed by atoms with E-state index in [0.717, 1.165) is 5.56 Å². The van der Waals surface area contributed by atoms with Crippen molar-refractivity contribution < 1.29 is 17.9 Å². The second-order valence-electron chi connectivity index (χ2n) is 5.08. The van der Waals surface area contributed by atoms with Gasteiger partial charge in [-0.15, -0.1) is 0 Å². The van der Waals surface area contributed by atoms with E-state index in [-0.39, 0.29) is 23.3 Å². The Morgan fingerprint density at radius 2 is 2.19 bits per heavy atom. The summed E-state index contributed by atoms with van der Waals surface area (Å²) >= 11 is 0. The van der Waals surface area contributed by atoms with Crippen molar-refractivity contribution >= 4 is 15.9 Å². The number of carbonyl (C=O) groups is 1. The van der Waals surface area contributed by atoms with Crippen LogP contribution in [0.2, 0.25) is 0 Å². The second kappa shape index (κ2) is 6.55. The van der Waals surface area contributed by atoms with Crippen LogP contribution in [0.5, 0.6) is 0 Å². The van der Waals surface area contributed by atoms with E-state index in [2.05, 4.69) is 4.72 Å². The van der Waals surface area contributed by atoms with Crippen molar-refractivity contribution in [3.05, 3.63) is 29.8 Å². The van der Waals surface area contributed by atoms with Crippen molar-refractivity contribution in [3.63, 3.8) is 0 Å². The van der Waals surface area contributed by atoms with Crippen LogP contribution in [0.1, 0.15) is 18.9 Å². The largest absolute Gasteiger partial charge is 0.377 e. The van der Waals surface area contributed by atoms with Gasteiger partial charge in [-0.3, -0.25) is 4.79 Å². The number of nitrogens with one attached hydrogen (secondary N) is 1. The van der Waals surface area contributed by atoms with E-state index < -0.39 is 10.0 Å². The molecular formula is C14H20N2O4S. The van der Waals surface area contributed by atoms with Crippen LogP contribution < -0.4 is 4.72 Å². The zero-order chi connectivity index (χ0) is 15.5. The maximum absolute atomic E-state index is 12.3. The van der Waals surface area contributed by atoms with Crippen LogP contribution in [-0.4, -0.2) is 45.5 Å². The van der Waals surface area contributed by atoms with E-state index in [0.29, 0.717) is 19.8 Å². The Bertz CT molecular complexity index is 615. The molecule has 1 atom stereocenters. The number of likely N-dealkylation sites (N-methyl/N-ethyl adjacent to an activating group) is 1. The number of rotatable bonds is 6. The topological polar surface area (TPSA) is 75.7 Å². The van der Waals surface area contributed by atoms with Gasteiger partial charge in [0.15, 0.2) is 0 Å². The molecule has 1 aromatic carbocycles. The molecule has 0 spiro atoms. The second-order valence-corrected chi connectivity index (χ2v) is 6.80. The van der Waals surface area contributed by atoms with Gasteiger partial charge in [0.1, 0.15) is 0 Å². The Morgan fingerprint density at radius 1 is 1.43 bits per heavy atom. The lowest BCUT2D eigenvalue weighted by Gasteiger charge is -2.13. The van der Waals surface area contributed by atoms with Crippen LogP contribution in [0.3, 0.4) is 0 Å². The molecular weight excluding hydrogens is 292 g/mol. The van der Waals surface area contributed by atoms with Crippen LogP contribution in [0.15, 0.2) is 29.2 Å². The molecule has 1 heterocycles. The summed E-state index contributed by atoms with van der Waals surface area (Å²) in [6, 6.07) is 6.27. The average Bonchev–Trinajstić information content (AvgIpc) is 2.74. The fourth-order valence-corrected chi connectivity index (χ4v) is 3.55. The molecule has 7 heteroatoms. The third-order valence-electron chi connectivity index (χ3n) is 3.34. The van der Waals surface area contributed by atoms with Gasteiger partial charge in [-0.05, 0) is 24.6 Å². The molecule has 0 aromatic heterocycles. The van der Waals surface area contributed by atoms with Crippen molar-refractivity contribution in [3.8, 4) is 0 Å². The van der Waals surface area contributed by atoms with E-state index >= 15 is 0 Å². The highest BCUT2D eigenvalue weighted by molar-refractivity contribution is 7.89. The van der Waals surface area contributed by atoms with E-state index in [1.54, 1.807) is 19.2 Å². The van der Waals surface area contributed by atoms with E-state index in [4.69, 9.17) is 4.74 Å². The van der Waals surface area contributed by atoms with Crippen molar-refractivity contribution in [2.24, 2.45) is 0 Å². The van der Waals surface area contributed by atoms with Gasteiger partial charge in [-0.25, -0.2) is 13.1 Å². The summed E-state index contributed by atoms with van der Waals surface area (Å²) in [6.45, 7) is 3.24. The molecule has 0 aliphatic carbocycles. The van der Waals surface area contributed by atoms with Crippen LogP contribution >= 0.6 is 0 Å². The number of hydrogen-bond acceptors (Lipinski definition) is 4. The first-order chi connectivity index (χ1) is 9.92. The number of sulfonamides is 1. The Hall–Kier alpha value is -1.44. The predicted molar refractivity (Wildman–Crippen MR) is 78.1 cm³/mol. The van der Waals surface area contributed by atoms with E-state index in [1.807, 2.05) is 13.0 Å². The zero-order valence-corrected chi connectivity index (χ0v) is 13.0. The summed E-state index contributed by atoms with van der Waals surface area (Å²) < 4.78 is 32.6. The lowest BCUT2D eigenvalue weighted by molar-refractivity contribution is -0.126. The normalized spacial score (nSPS) is 19.2. The third-order valence-corrected chi connectivity index (χ3v) is 4.86. The van der Waals surface area contributed by atoms with Gasteiger partial charge in [0.2, 0.25) is 15.9 Å². The molecule has 1 aliphatic heterocycles. The minimum atomic E-state index is -3.62.